The molecule has 1 saturated carbocycles. The number of hydrogen-bond donors (Lipinski definition) is 0. The molecule has 0 nitrogen and oxygen atoms in total. The van der Waals surface area contributed by atoms with Crippen molar-refractivity contribution < 1.29 is 0 Å². The third-order valence-corrected chi connectivity index (χ3v) is 5.37. The van der Waals surface area contributed by atoms with Crippen molar-refractivity contribution in [1.82, 2.24) is 0 Å². The first kappa shape index (κ1) is 13.0. The quantitative estimate of drug-likeness (QED) is 0.653. The lowest BCUT2D eigenvalue weighted by Crippen LogP contribution is -2.31. The van der Waals surface area contributed by atoms with E-state index in [1.807, 2.05) is 0 Å². The molecule has 0 bridgehead atoms. The zero-order valence-electron chi connectivity index (χ0n) is 12.5. The first-order chi connectivity index (χ1) is 9.16. The van der Waals surface area contributed by atoms with Crippen LogP contribution in [0.15, 0.2) is 30.3 Å². The summed E-state index contributed by atoms with van der Waals surface area (Å²) in [6.07, 6.45) is 9.08. The Morgan fingerprint density at radius 2 is 1.89 bits per heavy atom. The van der Waals surface area contributed by atoms with Gasteiger partial charge >= 0.3 is 0 Å². The molecule has 0 saturated heterocycles. The first-order valence-corrected chi connectivity index (χ1v) is 7.94. The fourth-order valence-corrected chi connectivity index (χ4v) is 4.34. The largest absolute Gasteiger partial charge is 0.0761 e. The highest BCUT2D eigenvalue weighted by molar-refractivity contribution is 5.62. The van der Waals surface area contributed by atoms with Gasteiger partial charge in [-0.3, -0.25) is 0 Å². The van der Waals surface area contributed by atoms with Crippen LogP contribution in [0.3, 0.4) is 0 Å². The molecule has 1 aromatic rings. The molecule has 1 unspecified atom stereocenters. The summed E-state index contributed by atoms with van der Waals surface area (Å²) in [5.74, 6) is 4.15. The average Bonchev–Trinajstić information content (AvgIpc) is 2.82. The minimum absolute atomic E-state index is 0.673. The SMILES string of the molecule is CC(C)[C@H]1CC[C@@H](C)C[C@@H]1C1C=Cc2ccccc21. The summed E-state index contributed by atoms with van der Waals surface area (Å²) in [5.41, 5.74) is 3.03. The first-order valence-electron chi connectivity index (χ1n) is 7.94. The highest BCUT2D eigenvalue weighted by Gasteiger charge is 2.37. The molecule has 0 N–H and O–H groups in total. The van der Waals surface area contributed by atoms with Gasteiger partial charge in [0.25, 0.3) is 0 Å². The van der Waals surface area contributed by atoms with Gasteiger partial charge in [0.05, 0.1) is 0 Å². The highest BCUT2D eigenvalue weighted by atomic mass is 14.4. The van der Waals surface area contributed by atoms with Gasteiger partial charge in [-0.05, 0) is 47.6 Å². The van der Waals surface area contributed by atoms with Gasteiger partial charge in [0.2, 0.25) is 0 Å². The van der Waals surface area contributed by atoms with Crippen molar-refractivity contribution in [2.75, 3.05) is 0 Å². The lowest BCUT2D eigenvalue weighted by atomic mass is 9.64. The Hall–Kier alpha value is -1.04. The van der Waals surface area contributed by atoms with Crippen molar-refractivity contribution in [2.24, 2.45) is 23.7 Å². The van der Waals surface area contributed by atoms with Gasteiger partial charge < -0.3 is 0 Å². The average molecular weight is 254 g/mol. The van der Waals surface area contributed by atoms with E-state index in [9.17, 15) is 0 Å². The van der Waals surface area contributed by atoms with Crippen LogP contribution in [0.25, 0.3) is 6.08 Å². The van der Waals surface area contributed by atoms with E-state index in [0.717, 1.165) is 23.7 Å². The van der Waals surface area contributed by atoms with Crippen molar-refractivity contribution in [2.45, 2.75) is 46.0 Å². The molecule has 0 aromatic heterocycles. The van der Waals surface area contributed by atoms with Crippen LogP contribution in [0.2, 0.25) is 0 Å². The molecular weight excluding hydrogens is 228 g/mol. The highest BCUT2D eigenvalue weighted by Crippen LogP contribution is 2.48. The van der Waals surface area contributed by atoms with E-state index in [1.54, 1.807) is 5.56 Å². The van der Waals surface area contributed by atoms with E-state index < -0.39 is 0 Å². The van der Waals surface area contributed by atoms with Crippen LogP contribution < -0.4 is 0 Å². The Morgan fingerprint density at radius 3 is 2.68 bits per heavy atom. The van der Waals surface area contributed by atoms with Crippen LogP contribution in [0, 0.1) is 23.7 Å². The number of rotatable bonds is 2. The predicted octanol–water partition coefficient (Wildman–Crippen LogP) is 5.51. The Morgan fingerprint density at radius 1 is 1.11 bits per heavy atom. The number of fused-ring (bicyclic) bond motifs is 1. The second-order valence-electron chi connectivity index (χ2n) is 7.00. The molecule has 2 aliphatic carbocycles. The van der Waals surface area contributed by atoms with Crippen molar-refractivity contribution in [1.29, 1.82) is 0 Å². The lowest BCUT2D eigenvalue weighted by molar-refractivity contribution is 0.133. The van der Waals surface area contributed by atoms with Crippen LogP contribution in [-0.2, 0) is 0 Å². The minimum atomic E-state index is 0.673. The third-order valence-electron chi connectivity index (χ3n) is 5.37. The maximum Gasteiger partial charge on any atom is 0.00583 e. The van der Waals surface area contributed by atoms with Gasteiger partial charge in [0.15, 0.2) is 0 Å². The number of hydrogen-bond acceptors (Lipinski definition) is 0. The van der Waals surface area contributed by atoms with Crippen molar-refractivity contribution in [3.63, 3.8) is 0 Å². The lowest BCUT2D eigenvalue weighted by Gasteiger charge is -2.40. The normalized spacial score (nSPS) is 33.7. The Balaban J connectivity index is 1.90. The summed E-state index contributed by atoms with van der Waals surface area (Å²) < 4.78 is 0. The molecule has 0 heterocycles. The Bertz CT molecular complexity index is 469. The van der Waals surface area contributed by atoms with Gasteiger partial charge in [0.1, 0.15) is 0 Å². The molecule has 102 valence electrons. The Kier molecular flexibility index (Phi) is 3.52. The Labute approximate surface area is 117 Å². The molecule has 2 aliphatic rings. The van der Waals surface area contributed by atoms with E-state index in [-0.39, 0.29) is 0 Å². The second kappa shape index (κ2) is 5.15. The van der Waals surface area contributed by atoms with Crippen molar-refractivity contribution in [3.05, 3.63) is 41.5 Å². The van der Waals surface area contributed by atoms with Gasteiger partial charge in [-0.1, -0.05) is 63.6 Å². The fraction of sp³-hybridized carbons (Fsp3) is 0.579. The third kappa shape index (κ3) is 2.38. The summed E-state index contributed by atoms with van der Waals surface area (Å²) in [5, 5.41) is 0. The van der Waals surface area contributed by atoms with Gasteiger partial charge in [-0.15, -0.1) is 0 Å². The van der Waals surface area contributed by atoms with E-state index in [4.69, 9.17) is 0 Å². The fourth-order valence-electron chi connectivity index (χ4n) is 4.34. The molecule has 1 aromatic carbocycles. The van der Waals surface area contributed by atoms with Crippen molar-refractivity contribution in [3.8, 4) is 0 Å². The van der Waals surface area contributed by atoms with E-state index in [1.165, 1.54) is 24.8 Å². The predicted molar refractivity (Wildman–Crippen MR) is 83.1 cm³/mol. The summed E-state index contributed by atoms with van der Waals surface area (Å²) in [4.78, 5) is 0. The maximum atomic E-state index is 2.47. The van der Waals surface area contributed by atoms with E-state index >= 15 is 0 Å². The summed E-state index contributed by atoms with van der Waals surface area (Å²) in [6.45, 7) is 7.27. The van der Waals surface area contributed by atoms with Crippen LogP contribution in [0.4, 0.5) is 0 Å². The zero-order chi connectivity index (χ0) is 13.4. The van der Waals surface area contributed by atoms with E-state index in [0.29, 0.717) is 5.92 Å². The molecule has 3 rings (SSSR count). The molecular formula is C19H26. The van der Waals surface area contributed by atoms with E-state index in [2.05, 4.69) is 57.2 Å². The molecule has 0 aliphatic heterocycles. The van der Waals surface area contributed by atoms with Gasteiger partial charge in [-0.2, -0.15) is 0 Å². The summed E-state index contributed by atoms with van der Waals surface area (Å²) in [6, 6.07) is 8.98. The van der Waals surface area contributed by atoms with Crippen LogP contribution in [0.5, 0.6) is 0 Å². The molecule has 0 radical (unpaired) electrons. The second-order valence-corrected chi connectivity index (χ2v) is 7.00. The van der Waals surface area contributed by atoms with Gasteiger partial charge in [0, 0.05) is 5.92 Å². The topological polar surface area (TPSA) is 0 Å². The summed E-state index contributed by atoms with van der Waals surface area (Å²) in [7, 11) is 0. The molecule has 0 spiro atoms. The zero-order valence-corrected chi connectivity index (χ0v) is 12.5. The molecule has 1 fully saturated rings. The number of benzene rings is 1. The molecule has 19 heavy (non-hydrogen) atoms. The number of allylic oxidation sites excluding steroid dienone is 1. The summed E-state index contributed by atoms with van der Waals surface area (Å²) >= 11 is 0. The van der Waals surface area contributed by atoms with Crippen LogP contribution in [-0.4, -0.2) is 0 Å². The van der Waals surface area contributed by atoms with Crippen molar-refractivity contribution >= 4 is 6.08 Å². The minimum Gasteiger partial charge on any atom is -0.0761 e. The smallest absolute Gasteiger partial charge is 0.00583 e. The van der Waals surface area contributed by atoms with Crippen LogP contribution in [0.1, 0.15) is 57.1 Å². The molecule has 4 atom stereocenters. The van der Waals surface area contributed by atoms with Crippen LogP contribution >= 0.6 is 0 Å². The monoisotopic (exact) mass is 254 g/mol. The maximum absolute atomic E-state index is 2.47. The molecule has 0 amide bonds. The molecule has 0 heteroatoms. The van der Waals surface area contributed by atoms with Gasteiger partial charge in [-0.25, -0.2) is 0 Å². The standard InChI is InChI=1S/C19H26/c1-13(2)16-10-8-14(3)12-19(16)18-11-9-15-6-4-5-7-17(15)18/h4-7,9,11,13-14,16,18-19H,8,10,12H2,1-3H3/t14-,16-,18?,19+/m1/s1.